The molecule has 1 aromatic carbocycles. The molecule has 1 rings (SSSR count). The van der Waals surface area contributed by atoms with Crippen LogP contribution >= 0.6 is 24.0 Å². The molecule has 0 heterocycles. The van der Waals surface area contributed by atoms with Crippen molar-refractivity contribution in [1.29, 1.82) is 0 Å². The Labute approximate surface area is 135 Å². The monoisotopic (exact) mass is 327 g/mol. The summed E-state index contributed by atoms with van der Waals surface area (Å²) in [5.41, 5.74) is 1.22. The van der Waals surface area contributed by atoms with Crippen molar-refractivity contribution < 1.29 is 14.3 Å². The minimum atomic E-state index is -0.339. The Kier molecular flexibility index (Phi) is 6.98. The van der Waals surface area contributed by atoms with E-state index in [1.165, 1.54) is 11.8 Å². The number of carbonyl (C=O) groups is 1. The molecular weight excluding hydrogens is 306 g/mol. The van der Waals surface area contributed by atoms with Crippen LogP contribution in [0.2, 0.25) is 0 Å². The van der Waals surface area contributed by atoms with Crippen LogP contribution in [0.3, 0.4) is 0 Å². The largest absolute Gasteiger partial charge is 0.468 e. The van der Waals surface area contributed by atoms with E-state index in [1.54, 1.807) is 6.07 Å². The standard InChI is InChI=1S/C15H21NO3S2/c1-9(2)18-14(17)12-8-11(6-7-13(12)21-5)16-15(20)19-10(3)4/h6-10H,1-5H3,(H,16,20). The van der Waals surface area contributed by atoms with Crippen LogP contribution in [0.5, 0.6) is 0 Å². The minimum absolute atomic E-state index is 0.000784. The molecule has 116 valence electrons. The van der Waals surface area contributed by atoms with Crippen LogP contribution in [0.15, 0.2) is 23.1 Å². The van der Waals surface area contributed by atoms with Gasteiger partial charge in [0, 0.05) is 10.6 Å². The Bertz CT molecular complexity index is 516. The minimum Gasteiger partial charge on any atom is -0.468 e. The molecule has 0 spiro atoms. The van der Waals surface area contributed by atoms with E-state index in [0.717, 1.165) is 4.90 Å². The number of hydrogen-bond donors (Lipinski definition) is 1. The van der Waals surface area contributed by atoms with E-state index >= 15 is 0 Å². The summed E-state index contributed by atoms with van der Waals surface area (Å²) in [6, 6.07) is 5.45. The maximum absolute atomic E-state index is 12.1. The van der Waals surface area contributed by atoms with Gasteiger partial charge in [-0.05, 0) is 64.4 Å². The van der Waals surface area contributed by atoms with Gasteiger partial charge in [-0.3, -0.25) is 0 Å². The van der Waals surface area contributed by atoms with Gasteiger partial charge in [0.05, 0.1) is 17.8 Å². The summed E-state index contributed by atoms with van der Waals surface area (Å²) in [6.45, 7) is 7.45. The number of thioether (sulfide) groups is 1. The van der Waals surface area contributed by atoms with Gasteiger partial charge < -0.3 is 14.8 Å². The Morgan fingerprint density at radius 1 is 1.19 bits per heavy atom. The van der Waals surface area contributed by atoms with Gasteiger partial charge >= 0.3 is 5.97 Å². The maximum Gasteiger partial charge on any atom is 0.339 e. The molecule has 0 amide bonds. The lowest BCUT2D eigenvalue weighted by Crippen LogP contribution is -2.18. The van der Waals surface area contributed by atoms with E-state index in [2.05, 4.69) is 5.32 Å². The lowest BCUT2D eigenvalue weighted by molar-refractivity contribution is 0.0374. The first kappa shape index (κ1) is 17.8. The third-order valence-corrected chi connectivity index (χ3v) is 3.35. The SMILES string of the molecule is CSc1ccc(NC(=S)OC(C)C)cc1C(=O)OC(C)C. The molecule has 21 heavy (non-hydrogen) atoms. The highest BCUT2D eigenvalue weighted by molar-refractivity contribution is 7.98. The molecule has 0 saturated heterocycles. The first-order chi connectivity index (χ1) is 9.83. The normalized spacial score (nSPS) is 10.6. The van der Waals surface area contributed by atoms with Crippen LogP contribution in [0.25, 0.3) is 0 Å². The summed E-state index contributed by atoms with van der Waals surface area (Å²) in [5.74, 6) is -0.339. The second-order valence-electron chi connectivity index (χ2n) is 4.95. The van der Waals surface area contributed by atoms with Crippen LogP contribution in [0.4, 0.5) is 5.69 Å². The molecule has 0 radical (unpaired) electrons. The molecular formula is C15H21NO3S2. The highest BCUT2D eigenvalue weighted by atomic mass is 32.2. The molecule has 0 aromatic heterocycles. The van der Waals surface area contributed by atoms with Crippen molar-refractivity contribution in [3.8, 4) is 0 Å². The number of thiocarbonyl (C=S) groups is 1. The summed E-state index contributed by atoms with van der Waals surface area (Å²) in [5, 5.41) is 3.25. The van der Waals surface area contributed by atoms with Gasteiger partial charge in [-0.25, -0.2) is 4.79 Å². The highest BCUT2D eigenvalue weighted by Crippen LogP contribution is 2.25. The molecule has 1 N–H and O–H groups in total. The third-order valence-electron chi connectivity index (χ3n) is 2.35. The molecule has 6 heteroatoms. The van der Waals surface area contributed by atoms with Crippen molar-refractivity contribution in [2.45, 2.75) is 44.8 Å². The van der Waals surface area contributed by atoms with Gasteiger partial charge in [0.25, 0.3) is 5.17 Å². The molecule has 0 aliphatic rings. The van der Waals surface area contributed by atoms with Gasteiger partial charge in [0.1, 0.15) is 0 Å². The summed E-state index contributed by atoms with van der Waals surface area (Å²) in [7, 11) is 0. The van der Waals surface area contributed by atoms with Crippen LogP contribution in [-0.4, -0.2) is 29.6 Å². The predicted octanol–water partition coefficient (Wildman–Crippen LogP) is 4.10. The first-order valence-corrected chi connectivity index (χ1v) is 8.33. The number of hydrogen-bond acceptors (Lipinski definition) is 5. The van der Waals surface area contributed by atoms with E-state index in [0.29, 0.717) is 11.3 Å². The van der Waals surface area contributed by atoms with E-state index in [1.807, 2.05) is 46.1 Å². The number of rotatable bonds is 5. The van der Waals surface area contributed by atoms with Crippen molar-refractivity contribution in [2.75, 3.05) is 11.6 Å². The van der Waals surface area contributed by atoms with Crippen LogP contribution in [-0.2, 0) is 9.47 Å². The lowest BCUT2D eigenvalue weighted by atomic mass is 10.2. The highest BCUT2D eigenvalue weighted by Gasteiger charge is 2.15. The topological polar surface area (TPSA) is 47.6 Å². The number of ether oxygens (including phenoxy) is 2. The summed E-state index contributed by atoms with van der Waals surface area (Å²) in [4.78, 5) is 13.0. The van der Waals surface area contributed by atoms with Crippen LogP contribution < -0.4 is 5.32 Å². The number of carbonyl (C=O) groups excluding carboxylic acids is 1. The zero-order chi connectivity index (χ0) is 16.0. The smallest absolute Gasteiger partial charge is 0.339 e. The molecule has 0 unspecified atom stereocenters. The summed E-state index contributed by atoms with van der Waals surface area (Å²) >= 11 is 6.59. The number of benzene rings is 1. The van der Waals surface area contributed by atoms with Gasteiger partial charge in [0.2, 0.25) is 0 Å². The van der Waals surface area contributed by atoms with E-state index < -0.39 is 0 Å². The Balaban J connectivity index is 2.94. The van der Waals surface area contributed by atoms with Gasteiger partial charge in [-0.2, -0.15) is 0 Å². The molecule has 1 aromatic rings. The average Bonchev–Trinajstić information content (AvgIpc) is 2.36. The number of nitrogens with one attached hydrogen (secondary N) is 1. The van der Waals surface area contributed by atoms with E-state index in [9.17, 15) is 4.79 Å². The van der Waals surface area contributed by atoms with Gasteiger partial charge in [-0.15, -0.1) is 11.8 Å². The van der Waals surface area contributed by atoms with Gasteiger partial charge in [-0.1, -0.05) is 0 Å². The first-order valence-electron chi connectivity index (χ1n) is 6.70. The fourth-order valence-electron chi connectivity index (χ4n) is 1.58. The molecule has 0 atom stereocenters. The average molecular weight is 327 g/mol. The second-order valence-corrected chi connectivity index (χ2v) is 6.17. The molecule has 0 aliphatic heterocycles. The Morgan fingerprint density at radius 2 is 1.81 bits per heavy atom. The molecule has 0 fully saturated rings. The Morgan fingerprint density at radius 3 is 2.33 bits per heavy atom. The quantitative estimate of drug-likeness (QED) is 0.499. The summed E-state index contributed by atoms with van der Waals surface area (Å²) < 4.78 is 10.6. The van der Waals surface area contributed by atoms with E-state index in [4.69, 9.17) is 21.7 Å². The van der Waals surface area contributed by atoms with Crippen molar-refractivity contribution in [3.05, 3.63) is 23.8 Å². The molecule has 4 nitrogen and oxygen atoms in total. The lowest BCUT2D eigenvalue weighted by Gasteiger charge is -2.15. The zero-order valence-electron chi connectivity index (χ0n) is 12.9. The van der Waals surface area contributed by atoms with E-state index in [-0.39, 0.29) is 23.4 Å². The predicted molar refractivity (Wildman–Crippen MR) is 91.2 cm³/mol. The van der Waals surface area contributed by atoms with Crippen molar-refractivity contribution >= 4 is 40.8 Å². The molecule has 0 bridgehead atoms. The second kappa shape index (κ2) is 8.24. The van der Waals surface area contributed by atoms with Crippen LogP contribution in [0, 0.1) is 0 Å². The fourth-order valence-corrected chi connectivity index (χ4v) is 2.46. The van der Waals surface area contributed by atoms with Gasteiger partial charge in [0.15, 0.2) is 0 Å². The zero-order valence-corrected chi connectivity index (χ0v) is 14.6. The fraction of sp³-hybridized carbons (Fsp3) is 0.467. The van der Waals surface area contributed by atoms with Crippen molar-refractivity contribution in [3.63, 3.8) is 0 Å². The maximum atomic E-state index is 12.1. The van der Waals surface area contributed by atoms with Crippen molar-refractivity contribution in [2.24, 2.45) is 0 Å². The van der Waals surface area contributed by atoms with Crippen LogP contribution in [0.1, 0.15) is 38.1 Å². The number of esters is 1. The number of anilines is 1. The molecule has 0 saturated carbocycles. The molecule has 0 aliphatic carbocycles. The third kappa shape index (κ3) is 5.93. The summed E-state index contributed by atoms with van der Waals surface area (Å²) in [6.07, 6.45) is 1.76. The van der Waals surface area contributed by atoms with Crippen molar-refractivity contribution in [1.82, 2.24) is 0 Å². The Hall–Kier alpha value is -1.27.